The van der Waals surface area contributed by atoms with Gasteiger partial charge in [-0.1, -0.05) is 13.3 Å². The van der Waals surface area contributed by atoms with Gasteiger partial charge in [-0.3, -0.25) is 24.5 Å². The van der Waals surface area contributed by atoms with E-state index in [1.807, 2.05) is 6.92 Å². The Kier molecular flexibility index (Phi) is 9.14. The molecule has 0 aliphatic carbocycles. The number of hydrogen-bond acceptors (Lipinski definition) is 9. The summed E-state index contributed by atoms with van der Waals surface area (Å²) in [5, 5.41) is 13.6. The molecule has 1 heterocycles. The first kappa shape index (κ1) is 27.1. The van der Waals surface area contributed by atoms with Gasteiger partial charge in [0.25, 0.3) is 11.6 Å². The molecule has 1 saturated heterocycles. The van der Waals surface area contributed by atoms with E-state index in [1.54, 1.807) is 0 Å². The number of esters is 2. The predicted molar refractivity (Wildman–Crippen MR) is 131 cm³/mol. The standard InChI is InChI=1S/C25H27N3O9/c1-3-4-11-36-24(31)16-5-7-18(8-6-16)26-22(29)15-37-25(32)17-12-23(30)27(14-17)20-10-9-19(28(33)34)13-21(20)35-2/h5-10,13,17H,3-4,11-12,14-15H2,1-2H3,(H,26,29)/t17-/m1/s1. The second-order valence-electron chi connectivity index (χ2n) is 8.24. The third kappa shape index (κ3) is 7.03. The quantitative estimate of drug-likeness (QED) is 0.206. The number of nitrogens with zero attached hydrogens (tertiary/aromatic N) is 2. The van der Waals surface area contributed by atoms with Crippen molar-refractivity contribution in [3.05, 3.63) is 58.1 Å². The van der Waals surface area contributed by atoms with Crippen LogP contribution in [-0.4, -0.2) is 55.5 Å². The summed E-state index contributed by atoms with van der Waals surface area (Å²) in [6.07, 6.45) is 1.54. The maximum Gasteiger partial charge on any atom is 0.338 e. The molecule has 1 fully saturated rings. The van der Waals surface area contributed by atoms with Crippen LogP contribution in [0.15, 0.2) is 42.5 Å². The Balaban J connectivity index is 1.51. The molecule has 1 aliphatic heterocycles. The van der Waals surface area contributed by atoms with Gasteiger partial charge in [0.05, 0.1) is 41.9 Å². The van der Waals surface area contributed by atoms with E-state index < -0.39 is 35.3 Å². The minimum Gasteiger partial charge on any atom is -0.494 e. The first-order chi connectivity index (χ1) is 17.7. The zero-order chi connectivity index (χ0) is 26.9. The highest BCUT2D eigenvalue weighted by atomic mass is 16.6. The van der Waals surface area contributed by atoms with Crippen molar-refractivity contribution in [1.29, 1.82) is 0 Å². The van der Waals surface area contributed by atoms with Crippen LogP contribution in [0.2, 0.25) is 0 Å². The highest BCUT2D eigenvalue weighted by Crippen LogP contribution is 2.36. The first-order valence-electron chi connectivity index (χ1n) is 11.6. The lowest BCUT2D eigenvalue weighted by molar-refractivity contribution is -0.384. The van der Waals surface area contributed by atoms with E-state index in [1.165, 1.54) is 54.5 Å². The summed E-state index contributed by atoms with van der Waals surface area (Å²) in [5.41, 5.74) is 0.846. The van der Waals surface area contributed by atoms with Gasteiger partial charge in [-0.15, -0.1) is 0 Å². The molecule has 1 atom stereocenters. The Labute approximate surface area is 212 Å². The van der Waals surface area contributed by atoms with E-state index in [-0.39, 0.29) is 30.3 Å². The van der Waals surface area contributed by atoms with Crippen LogP contribution in [-0.2, 0) is 23.9 Å². The molecule has 0 bridgehead atoms. The molecule has 3 rings (SSSR count). The van der Waals surface area contributed by atoms with Crippen molar-refractivity contribution in [3.63, 3.8) is 0 Å². The second-order valence-corrected chi connectivity index (χ2v) is 8.24. The number of ether oxygens (including phenoxy) is 3. The number of carbonyl (C=O) groups is 4. The topological polar surface area (TPSA) is 154 Å². The molecule has 2 aromatic rings. The summed E-state index contributed by atoms with van der Waals surface area (Å²) in [4.78, 5) is 60.9. The third-order valence-corrected chi connectivity index (χ3v) is 5.60. The van der Waals surface area contributed by atoms with Gasteiger partial charge in [0.2, 0.25) is 5.91 Å². The number of hydrogen-bond donors (Lipinski definition) is 1. The van der Waals surface area contributed by atoms with Gasteiger partial charge in [-0.2, -0.15) is 0 Å². The van der Waals surface area contributed by atoms with Gasteiger partial charge < -0.3 is 24.4 Å². The Bertz CT molecular complexity index is 1180. The summed E-state index contributed by atoms with van der Waals surface area (Å²) in [6.45, 7) is 1.74. The number of rotatable bonds is 11. The van der Waals surface area contributed by atoms with Crippen molar-refractivity contribution in [2.24, 2.45) is 5.92 Å². The molecule has 2 aromatic carbocycles. The van der Waals surface area contributed by atoms with Crippen LogP contribution in [0.3, 0.4) is 0 Å². The van der Waals surface area contributed by atoms with Crippen molar-refractivity contribution in [3.8, 4) is 5.75 Å². The zero-order valence-electron chi connectivity index (χ0n) is 20.4. The molecule has 0 spiro atoms. The SMILES string of the molecule is CCCCOC(=O)c1ccc(NC(=O)COC(=O)[C@@H]2CC(=O)N(c3ccc([N+](=O)[O-])cc3OC)C2)cc1. The average molecular weight is 514 g/mol. The van der Waals surface area contributed by atoms with Crippen LogP contribution < -0.4 is 15.0 Å². The average Bonchev–Trinajstić information content (AvgIpc) is 3.28. The molecular weight excluding hydrogens is 486 g/mol. The van der Waals surface area contributed by atoms with Crippen molar-refractivity contribution in [2.45, 2.75) is 26.2 Å². The molecular formula is C25H27N3O9. The zero-order valence-corrected chi connectivity index (χ0v) is 20.4. The largest absolute Gasteiger partial charge is 0.494 e. The van der Waals surface area contributed by atoms with E-state index in [4.69, 9.17) is 14.2 Å². The fraction of sp³-hybridized carbons (Fsp3) is 0.360. The summed E-state index contributed by atoms with van der Waals surface area (Å²) in [6, 6.07) is 9.90. The summed E-state index contributed by atoms with van der Waals surface area (Å²) < 4.78 is 15.4. The van der Waals surface area contributed by atoms with Gasteiger partial charge in [-0.05, 0) is 36.8 Å². The van der Waals surface area contributed by atoms with E-state index >= 15 is 0 Å². The Morgan fingerprint density at radius 3 is 2.51 bits per heavy atom. The highest BCUT2D eigenvalue weighted by molar-refractivity contribution is 6.01. The molecule has 0 saturated carbocycles. The van der Waals surface area contributed by atoms with Gasteiger partial charge in [0.15, 0.2) is 6.61 Å². The number of nitro groups is 1. The maximum atomic E-state index is 12.5. The van der Waals surface area contributed by atoms with Crippen molar-refractivity contribution in [2.75, 3.05) is 37.1 Å². The highest BCUT2D eigenvalue weighted by Gasteiger charge is 2.37. The number of anilines is 2. The summed E-state index contributed by atoms with van der Waals surface area (Å²) in [7, 11) is 1.32. The molecule has 0 aromatic heterocycles. The minimum atomic E-state index is -0.821. The molecule has 0 unspecified atom stereocenters. The summed E-state index contributed by atoms with van der Waals surface area (Å²) in [5.74, 6) is -2.85. The van der Waals surface area contributed by atoms with E-state index in [9.17, 15) is 29.3 Å². The number of benzene rings is 2. The van der Waals surface area contributed by atoms with Crippen molar-refractivity contribution >= 4 is 40.8 Å². The molecule has 0 radical (unpaired) electrons. The number of methoxy groups -OCH3 is 1. The maximum absolute atomic E-state index is 12.5. The lowest BCUT2D eigenvalue weighted by atomic mass is 10.1. The Hall–Kier alpha value is -4.48. The molecule has 12 heteroatoms. The monoisotopic (exact) mass is 513 g/mol. The Morgan fingerprint density at radius 1 is 1.14 bits per heavy atom. The number of carbonyl (C=O) groups excluding carboxylic acids is 4. The number of unbranched alkanes of at least 4 members (excludes halogenated alkanes) is 1. The lowest BCUT2D eigenvalue weighted by Gasteiger charge is -2.19. The first-order valence-corrected chi connectivity index (χ1v) is 11.6. The van der Waals surface area contributed by atoms with Crippen LogP contribution >= 0.6 is 0 Å². The second kappa shape index (κ2) is 12.5. The van der Waals surface area contributed by atoms with Crippen LogP contribution in [0, 0.1) is 16.0 Å². The van der Waals surface area contributed by atoms with Gasteiger partial charge in [-0.25, -0.2) is 4.79 Å². The van der Waals surface area contributed by atoms with E-state index in [0.717, 1.165) is 12.8 Å². The third-order valence-electron chi connectivity index (χ3n) is 5.60. The van der Waals surface area contributed by atoms with Gasteiger partial charge in [0.1, 0.15) is 5.75 Å². The molecule has 2 amide bonds. The molecule has 196 valence electrons. The van der Waals surface area contributed by atoms with E-state index in [0.29, 0.717) is 23.5 Å². The summed E-state index contributed by atoms with van der Waals surface area (Å²) >= 11 is 0. The van der Waals surface area contributed by atoms with Crippen LogP contribution in [0.1, 0.15) is 36.5 Å². The number of amides is 2. The van der Waals surface area contributed by atoms with E-state index in [2.05, 4.69) is 5.32 Å². The van der Waals surface area contributed by atoms with Gasteiger partial charge >= 0.3 is 11.9 Å². The fourth-order valence-corrected chi connectivity index (χ4v) is 3.63. The van der Waals surface area contributed by atoms with Crippen LogP contribution in [0.4, 0.5) is 17.1 Å². The lowest BCUT2D eigenvalue weighted by Crippen LogP contribution is -2.28. The minimum absolute atomic E-state index is 0.0245. The van der Waals surface area contributed by atoms with Crippen molar-refractivity contribution in [1.82, 2.24) is 0 Å². The molecule has 1 N–H and O–H groups in total. The molecule has 12 nitrogen and oxygen atoms in total. The number of non-ortho nitro benzene ring substituents is 1. The van der Waals surface area contributed by atoms with Crippen LogP contribution in [0.25, 0.3) is 0 Å². The normalized spacial score (nSPS) is 14.7. The fourth-order valence-electron chi connectivity index (χ4n) is 3.63. The van der Waals surface area contributed by atoms with Crippen LogP contribution in [0.5, 0.6) is 5.75 Å². The smallest absolute Gasteiger partial charge is 0.338 e. The predicted octanol–water partition coefficient (Wildman–Crippen LogP) is 3.10. The molecule has 37 heavy (non-hydrogen) atoms. The Morgan fingerprint density at radius 2 is 1.86 bits per heavy atom. The molecule has 1 aliphatic rings. The van der Waals surface area contributed by atoms with Crippen molar-refractivity contribution < 1.29 is 38.3 Å². The number of nitro benzene ring substituents is 1. The van der Waals surface area contributed by atoms with Gasteiger partial charge in [0, 0.05) is 24.7 Å². The number of nitrogens with one attached hydrogen (secondary N) is 1.